The molecule has 2 nitrogen and oxygen atoms in total. The predicted octanol–water partition coefficient (Wildman–Crippen LogP) is 11.3. The molecule has 5 aromatic rings. The van der Waals surface area contributed by atoms with E-state index in [1.54, 1.807) is 0 Å². The Morgan fingerprint density at radius 2 is 0.860 bits per heavy atom. The van der Waals surface area contributed by atoms with Crippen LogP contribution in [0.3, 0.4) is 0 Å². The van der Waals surface area contributed by atoms with Crippen LogP contribution in [-0.4, -0.2) is 0 Å². The second-order valence-electron chi connectivity index (χ2n) is 13.3. The minimum atomic E-state index is -0.771. The summed E-state index contributed by atoms with van der Waals surface area (Å²) in [5, 5.41) is 2.35. The summed E-state index contributed by atoms with van der Waals surface area (Å²) in [6.45, 7) is 31.5. The van der Waals surface area contributed by atoms with E-state index in [0.29, 0.717) is 0 Å². The molecule has 0 radical (unpaired) electrons. The fourth-order valence-corrected chi connectivity index (χ4v) is 7.91. The third-order valence-electron chi connectivity index (χ3n) is 11.8. The molecule has 0 amide bonds. The van der Waals surface area contributed by atoms with Gasteiger partial charge in [0, 0.05) is 27.5 Å². The SMILES string of the molecule is Cc1c(C)c(C)c(C2(c3c(C)c(C)c(C)c(C)c3C)C=Cc3c(ccc4oc5c(C)c(C)c(C)c(C)c5c34)O2)c(C)c1C. The molecule has 4 aromatic carbocycles. The Kier molecular flexibility index (Phi) is 6.55. The molecule has 1 aromatic heterocycles. The predicted molar refractivity (Wildman–Crippen MR) is 183 cm³/mol. The summed E-state index contributed by atoms with van der Waals surface area (Å²) in [6, 6.07) is 4.23. The van der Waals surface area contributed by atoms with Crippen molar-refractivity contribution in [1.82, 2.24) is 0 Å². The van der Waals surface area contributed by atoms with E-state index in [9.17, 15) is 0 Å². The van der Waals surface area contributed by atoms with E-state index < -0.39 is 5.60 Å². The van der Waals surface area contributed by atoms with E-state index in [1.165, 1.54) is 94.4 Å². The van der Waals surface area contributed by atoms with Gasteiger partial charge >= 0.3 is 0 Å². The highest BCUT2D eigenvalue weighted by Gasteiger charge is 2.44. The Balaban J connectivity index is 1.77. The second-order valence-corrected chi connectivity index (χ2v) is 13.3. The molecule has 0 saturated heterocycles. The molecule has 6 rings (SSSR count). The first-order valence-electron chi connectivity index (χ1n) is 15.6. The van der Waals surface area contributed by atoms with E-state index in [0.717, 1.165) is 27.9 Å². The normalized spacial score (nSPS) is 14.1. The highest BCUT2D eigenvalue weighted by molar-refractivity contribution is 6.13. The van der Waals surface area contributed by atoms with Gasteiger partial charge in [0.2, 0.25) is 0 Å². The molecule has 0 atom stereocenters. The molecular weight excluding hydrogens is 524 g/mol. The van der Waals surface area contributed by atoms with Crippen LogP contribution in [0.2, 0.25) is 0 Å². The third-order valence-corrected chi connectivity index (χ3v) is 11.8. The molecule has 0 saturated carbocycles. The molecule has 1 aliphatic rings. The maximum absolute atomic E-state index is 7.54. The molecule has 2 heteroatoms. The van der Waals surface area contributed by atoms with Gasteiger partial charge in [-0.25, -0.2) is 0 Å². The van der Waals surface area contributed by atoms with Gasteiger partial charge in [-0.3, -0.25) is 0 Å². The van der Waals surface area contributed by atoms with E-state index >= 15 is 0 Å². The van der Waals surface area contributed by atoms with Crippen LogP contribution >= 0.6 is 0 Å². The van der Waals surface area contributed by atoms with Crippen molar-refractivity contribution in [3.8, 4) is 5.75 Å². The first kappa shape index (κ1) is 29.3. The molecule has 222 valence electrons. The second kappa shape index (κ2) is 9.61. The van der Waals surface area contributed by atoms with E-state index in [2.05, 4.69) is 121 Å². The Morgan fingerprint density at radius 1 is 0.442 bits per heavy atom. The number of ether oxygens (including phenoxy) is 1. The number of hydrogen-bond donors (Lipinski definition) is 0. The highest BCUT2D eigenvalue weighted by Crippen LogP contribution is 2.51. The van der Waals surface area contributed by atoms with E-state index in [4.69, 9.17) is 9.15 Å². The van der Waals surface area contributed by atoms with Gasteiger partial charge in [-0.2, -0.15) is 0 Å². The van der Waals surface area contributed by atoms with Crippen molar-refractivity contribution in [2.24, 2.45) is 0 Å². The van der Waals surface area contributed by atoms with Gasteiger partial charge in [0.15, 0.2) is 5.60 Å². The van der Waals surface area contributed by atoms with E-state index in [1.807, 2.05) is 0 Å². The molecule has 0 aliphatic carbocycles. The summed E-state index contributed by atoms with van der Waals surface area (Å²) in [6.07, 6.45) is 4.68. The van der Waals surface area contributed by atoms with Gasteiger partial charge in [-0.15, -0.1) is 0 Å². The van der Waals surface area contributed by atoms with Crippen LogP contribution in [-0.2, 0) is 5.60 Å². The molecule has 1 aliphatic heterocycles. The molecule has 43 heavy (non-hydrogen) atoms. The molecule has 0 N–H and O–H groups in total. The Bertz CT molecular complexity index is 1950. The van der Waals surface area contributed by atoms with Gasteiger partial charge in [0.05, 0.1) is 0 Å². The quantitative estimate of drug-likeness (QED) is 0.211. The third kappa shape index (κ3) is 3.71. The molecule has 2 heterocycles. The molecule has 0 spiro atoms. The van der Waals surface area contributed by atoms with Crippen LogP contribution < -0.4 is 4.74 Å². The smallest absolute Gasteiger partial charge is 0.179 e. The van der Waals surface area contributed by atoms with E-state index in [-0.39, 0.29) is 0 Å². The Labute approximate surface area is 257 Å². The largest absolute Gasteiger partial charge is 0.473 e. The van der Waals surface area contributed by atoms with Crippen LogP contribution in [0.15, 0.2) is 22.6 Å². The van der Waals surface area contributed by atoms with Crippen LogP contribution in [0, 0.1) is 96.9 Å². The molecular formula is C41H46O2. The van der Waals surface area contributed by atoms with Crippen molar-refractivity contribution in [3.05, 3.63) is 113 Å². The number of furan rings is 1. The lowest BCUT2D eigenvalue weighted by Gasteiger charge is -2.41. The summed E-state index contributed by atoms with van der Waals surface area (Å²) in [7, 11) is 0. The Morgan fingerprint density at radius 3 is 1.35 bits per heavy atom. The number of aryl methyl sites for hydroxylation is 2. The topological polar surface area (TPSA) is 22.4 Å². The summed E-state index contributed by atoms with van der Waals surface area (Å²) in [4.78, 5) is 0. The maximum Gasteiger partial charge on any atom is 0.179 e. The first-order chi connectivity index (χ1) is 20.2. The molecule has 0 bridgehead atoms. The summed E-state index contributed by atoms with van der Waals surface area (Å²) >= 11 is 0. The van der Waals surface area contributed by atoms with Crippen LogP contribution in [0.4, 0.5) is 0 Å². The lowest BCUT2D eigenvalue weighted by Crippen LogP contribution is -2.38. The summed E-state index contributed by atoms with van der Waals surface area (Å²) in [5.41, 5.74) is 23.2. The molecule has 0 unspecified atom stereocenters. The van der Waals surface area contributed by atoms with Crippen LogP contribution in [0.1, 0.15) is 94.6 Å². The fraction of sp³-hybridized carbons (Fsp3) is 0.366. The van der Waals surface area contributed by atoms with Gasteiger partial charge in [-0.1, -0.05) is 0 Å². The van der Waals surface area contributed by atoms with Gasteiger partial charge in [0.25, 0.3) is 0 Å². The highest BCUT2D eigenvalue weighted by atomic mass is 16.5. The maximum atomic E-state index is 7.54. The number of rotatable bonds is 2. The van der Waals surface area contributed by atoms with Gasteiger partial charge in [0.1, 0.15) is 16.9 Å². The first-order valence-corrected chi connectivity index (χ1v) is 15.6. The van der Waals surface area contributed by atoms with Crippen molar-refractivity contribution >= 4 is 28.0 Å². The summed E-state index contributed by atoms with van der Waals surface area (Å²) < 4.78 is 14.1. The lowest BCUT2D eigenvalue weighted by atomic mass is 9.72. The lowest BCUT2D eigenvalue weighted by molar-refractivity contribution is 0.158. The van der Waals surface area contributed by atoms with Crippen molar-refractivity contribution in [3.63, 3.8) is 0 Å². The Hall–Kier alpha value is -3.78. The average molecular weight is 571 g/mol. The van der Waals surface area contributed by atoms with Crippen molar-refractivity contribution in [2.75, 3.05) is 0 Å². The monoisotopic (exact) mass is 570 g/mol. The van der Waals surface area contributed by atoms with Gasteiger partial charge < -0.3 is 9.15 Å². The average Bonchev–Trinajstić information content (AvgIpc) is 3.39. The number of benzene rings is 4. The zero-order chi connectivity index (χ0) is 31.4. The zero-order valence-electron chi connectivity index (χ0n) is 28.6. The van der Waals surface area contributed by atoms with Crippen LogP contribution in [0.5, 0.6) is 5.75 Å². The van der Waals surface area contributed by atoms with Crippen molar-refractivity contribution < 1.29 is 9.15 Å². The standard InChI is InChI=1S/C41H46O2/c1-19-22(4)28(10)38(29(11)23(19)5)41(39-30(12)24(6)20(2)25(7)31(39)13)18-17-33-34(43-41)15-16-35-37(33)36-27(9)21(3)26(8)32(14)40(36)42-35/h15-18H,1-14H3. The summed E-state index contributed by atoms with van der Waals surface area (Å²) in [5.74, 6) is 0.900. The van der Waals surface area contributed by atoms with Crippen molar-refractivity contribution in [1.29, 1.82) is 0 Å². The molecule has 0 fully saturated rings. The van der Waals surface area contributed by atoms with Crippen LogP contribution in [0.25, 0.3) is 28.0 Å². The minimum absolute atomic E-state index is 0.771. The van der Waals surface area contributed by atoms with Gasteiger partial charge in [-0.05, 0) is 199 Å². The zero-order valence-corrected chi connectivity index (χ0v) is 28.6. The van der Waals surface area contributed by atoms with Crippen molar-refractivity contribution in [2.45, 2.75) is 103 Å². The number of fused-ring (bicyclic) bond motifs is 5. The fourth-order valence-electron chi connectivity index (χ4n) is 7.91. The number of hydrogen-bond acceptors (Lipinski definition) is 2. The minimum Gasteiger partial charge on any atom is -0.473 e.